The Kier molecular flexibility index (Phi) is 5.16. The van der Waals surface area contributed by atoms with E-state index in [1.54, 1.807) is 30.5 Å². The number of hydrogen-bond acceptors (Lipinski definition) is 4. The summed E-state index contributed by atoms with van der Waals surface area (Å²) in [6.45, 7) is 1.64. The SMILES string of the molecule is Cl.O=S(=O)(N[C@H]1CCCNC1)c1cccc2ncccc12. The molecule has 0 spiro atoms. The quantitative estimate of drug-likeness (QED) is 0.900. The minimum Gasteiger partial charge on any atom is -0.315 e. The molecule has 0 radical (unpaired) electrons. The van der Waals surface area contributed by atoms with Crippen molar-refractivity contribution in [3.8, 4) is 0 Å². The molecule has 0 aliphatic carbocycles. The fraction of sp³-hybridized carbons (Fsp3) is 0.357. The lowest BCUT2D eigenvalue weighted by atomic mass is 10.1. The van der Waals surface area contributed by atoms with E-state index in [0.717, 1.165) is 19.4 Å². The zero-order valence-corrected chi connectivity index (χ0v) is 13.1. The largest absolute Gasteiger partial charge is 0.315 e. The predicted molar refractivity (Wildman–Crippen MR) is 85.2 cm³/mol. The van der Waals surface area contributed by atoms with Crippen LogP contribution in [0.3, 0.4) is 0 Å². The molecule has 0 unspecified atom stereocenters. The molecule has 0 saturated carbocycles. The number of rotatable bonds is 3. The fourth-order valence-electron chi connectivity index (χ4n) is 2.54. The Labute approximate surface area is 130 Å². The van der Waals surface area contributed by atoms with Crippen molar-refractivity contribution in [2.24, 2.45) is 0 Å². The summed E-state index contributed by atoms with van der Waals surface area (Å²) in [6.07, 6.45) is 3.52. The van der Waals surface area contributed by atoms with Crippen LogP contribution in [0.15, 0.2) is 41.4 Å². The molecule has 0 amide bonds. The van der Waals surface area contributed by atoms with Crippen molar-refractivity contribution < 1.29 is 8.42 Å². The lowest BCUT2D eigenvalue weighted by Gasteiger charge is -2.23. The maximum Gasteiger partial charge on any atom is 0.241 e. The first-order valence-electron chi connectivity index (χ1n) is 6.74. The highest BCUT2D eigenvalue weighted by molar-refractivity contribution is 7.89. The highest BCUT2D eigenvalue weighted by atomic mass is 35.5. The van der Waals surface area contributed by atoms with E-state index in [1.165, 1.54) is 0 Å². The van der Waals surface area contributed by atoms with Crippen LogP contribution in [0.5, 0.6) is 0 Å². The van der Waals surface area contributed by atoms with Gasteiger partial charge in [0.05, 0.1) is 10.4 Å². The van der Waals surface area contributed by atoms with E-state index in [2.05, 4.69) is 15.0 Å². The first-order valence-corrected chi connectivity index (χ1v) is 8.22. The van der Waals surface area contributed by atoms with Crippen LogP contribution in [0.2, 0.25) is 0 Å². The first-order chi connectivity index (χ1) is 9.67. The number of aromatic nitrogens is 1. The van der Waals surface area contributed by atoms with Crippen LogP contribution in [-0.4, -0.2) is 32.5 Å². The van der Waals surface area contributed by atoms with Gasteiger partial charge in [-0.05, 0) is 43.7 Å². The van der Waals surface area contributed by atoms with Gasteiger partial charge in [0.2, 0.25) is 10.0 Å². The number of hydrogen-bond donors (Lipinski definition) is 2. The van der Waals surface area contributed by atoms with E-state index in [9.17, 15) is 8.42 Å². The van der Waals surface area contributed by atoms with Gasteiger partial charge in [-0.15, -0.1) is 12.4 Å². The van der Waals surface area contributed by atoms with E-state index in [4.69, 9.17) is 0 Å². The molecule has 7 heteroatoms. The third-order valence-electron chi connectivity index (χ3n) is 3.51. The Morgan fingerprint density at radius 1 is 1.24 bits per heavy atom. The van der Waals surface area contributed by atoms with Crippen molar-refractivity contribution in [2.75, 3.05) is 13.1 Å². The average molecular weight is 328 g/mol. The van der Waals surface area contributed by atoms with Crippen LogP contribution in [0, 0.1) is 0 Å². The summed E-state index contributed by atoms with van der Waals surface area (Å²) in [5, 5.41) is 3.87. The summed E-state index contributed by atoms with van der Waals surface area (Å²) in [5.41, 5.74) is 0.692. The van der Waals surface area contributed by atoms with Gasteiger partial charge in [-0.25, -0.2) is 13.1 Å². The molecule has 2 N–H and O–H groups in total. The Morgan fingerprint density at radius 2 is 2.10 bits per heavy atom. The molecule has 2 aromatic rings. The summed E-state index contributed by atoms with van der Waals surface area (Å²) < 4.78 is 27.9. The smallest absolute Gasteiger partial charge is 0.241 e. The number of piperidine rings is 1. The fourth-order valence-corrected chi connectivity index (χ4v) is 4.03. The van der Waals surface area contributed by atoms with Gasteiger partial charge in [-0.2, -0.15) is 0 Å². The second-order valence-corrected chi connectivity index (χ2v) is 6.67. The molecule has 1 fully saturated rings. The Bertz CT molecular complexity index is 710. The number of fused-ring (bicyclic) bond motifs is 1. The maximum absolute atomic E-state index is 12.5. The Balaban J connectivity index is 0.00000161. The standard InChI is InChI=1S/C14H17N3O2S.ClH/c18-20(19,17-11-4-2-8-15-10-11)14-7-1-6-13-12(14)5-3-9-16-13;/h1,3,5-7,9,11,15,17H,2,4,8,10H2;1H/t11-;/m0./s1. The van der Waals surface area contributed by atoms with Gasteiger partial charge in [-0.3, -0.25) is 4.98 Å². The van der Waals surface area contributed by atoms with Crippen molar-refractivity contribution in [3.05, 3.63) is 36.5 Å². The molecule has 21 heavy (non-hydrogen) atoms. The summed E-state index contributed by atoms with van der Waals surface area (Å²) >= 11 is 0. The zero-order valence-electron chi connectivity index (χ0n) is 11.5. The molecule has 0 bridgehead atoms. The summed E-state index contributed by atoms with van der Waals surface area (Å²) in [4.78, 5) is 4.50. The second kappa shape index (κ2) is 6.70. The van der Waals surface area contributed by atoms with E-state index in [1.807, 2.05) is 6.07 Å². The Hall–Kier alpha value is -1.21. The molecular formula is C14H18ClN3O2S. The van der Waals surface area contributed by atoms with E-state index >= 15 is 0 Å². The van der Waals surface area contributed by atoms with Crippen LogP contribution in [0.25, 0.3) is 10.9 Å². The van der Waals surface area contributed by atoms with Crippen LogP contribution in [0.1, 0.15) is 12.8 Å². The van der Waals surface area contributed by atoms with Gasteiger partial charge in [0.25, 0.3) is 0 Å². The molecule has 1 aliphatic rings. The van der Waals surface area contributed by atoms with Crippen LogP contribution >= 0.6 is 12.4 Å². The lowest BCUT2D eigenvalue weighted by molar-refractivity contribution is 0.429. The molecule has 2 heterocycles. The van der Waals surface area contributed by atoms with E-state index < -0.39 is 10.0 Å². The van der Waals surface area contributed by atoms with Crippen LogP contribution in [0.4, 0.5) is 0 Å². The molecule has 5 nitrogen and oxygen atoms in total. The first kappa shape index (κ1) is 16.2. The zero-order chi connectivity index (χ0) is 14.0. The van der Waals surface area contributed by atoms with Gasteiger partial charge < -0.3 is 5.32 Å². The number of nitrogens with one attached hydrogen (secondary N) is 2. The number of sulfonamides is 1. The highest BCUT2D eigenvalue weighted by Crippen LogP contribution is 2.21. The predicted octanol–water partition coefficient (Wildman–Crippen LogP) is 1.69. The average Bonchev–Trinajstić information content (AvgIpc) is 2.47. The number of nitrogens with zero attached hydrogens (tertiary/aromatic N) is 1. The monoisotopic (exact) mass is 327 g/mol. The minimum absolute atomic E-state index is 0. The van der Waals surface area contributed by atoms with Gasteiger partial charge in [0, 0.05) is 24.2 Å². The minimum atomic E-state index is -3.52. The number of pyridine rings is 1. The molecule has 1 aromatic heterocycles. The van der Waals surface area contributed by atoms with Gasteiger partial charge >= 0.3 is 0 Å². The highest BCUT2D eigenvalue weighted by Gasteiger charge is 2.23. The van der Waals surface area contributed by atoms with Crippen molar-refractivity contribution in [1.29, 1.82) is 0 Å². The third-order valence-corrected chi connectivity index (χ3v) is 5.09. The van der Waals surface area contributed by atoms with Crippen molar-refractivity contribution in [2.45, 2.75) is 23.8 Å². The van der Waals surface area contributed by atoms with E-state index in [-0.39, 0.29) is 18.4 Å². The molecule has 1 atom stereocenters. The number of halogens is 1. The van der Waals surface area contributed by atoms with Gasteiger partial charge in [-0.1, -0.05) is 6.07 Å². The van der Waals surface area contributed by atoms with Crippen molar-refractivity contribution >= 4 is 33.3 Å². The molecular weight excluding hydrogens is 310 g/mol. The molecule has 3 rings (SSSR count). The summed E-state index contributed by atoms with van der Waals surface area (Å²) in [7, 11) is -3.52. The molecule has 1 saturated heterocycles. The maximum atomic E-state index is 12.5. The van der Waals surface area contributed by atoms with Gasteiger partial charge in [0.1, 0.15) is 0 Å². The van der Waals surface area contributed by atoms with Crippen LogP contribution in [-0.2, 0) is 10.0 Å². The molecule has 1 aromatic carbocycles. The lowest BCUT2D eigenvalue weighted by Crippen LogP contribution is -2.45. The molecule has 114 valence electrons. The van der Waals surface area contributed by atoms with Crippen molar-refractivity contribution in [3.63, 3.8) is 0 Å². The Morgan fingerprint density at radius 3 is 2.86 bits per heavy atom. The molecule has 1 aliphatic heterocycles. The van der Waals surface area contributed by atoms with Gasteiger partial charge in [0.15, 0.2) is 0 Å². The number of benzene rings is 1. The van der Waals surface area contributed by atoms with E-state index in [0.29, 0.717) is 22.3 Å². The third kappa shape index (κ3) is 3.52. The summed E-state index contributed by atoms with van der Waals surface area (Å²) in [5.74, 6) is 0. The summed E-state index contributed by atoms with van der Waals surface area (Å²) in [6, 6.07) is 8.67. The van der Waals surface area contributed by atoms with Crippen LogP contribution < -0.4 is 10.0 Å². The topological polar surface area (TPSA) is 71.1 Å². The second-order valence-electron chi connectivity index (χ2n) is 4.99. The van der Waals surface area contributed by atoms with Crippen molar-refractivity contribution in [1.82, 2.24) is 15.0 Å². The normalized spacial score (nSPS) is 19.1.